The van der Waals surface area contributed by atoms with Gasteiger partial charge in [-0.05, 0) is 42.7 Å². The summed E-state index contributed by atoms with van der Waals surface area (Å²) in [6, 6.07) is 3.36. The van der Waals surface area contributed by atoms with Gasteiger partial charge in [-0.2, -0.15) is 0 Å². The monoisotopic (exact) mass is 432 g/mol. The summed E-state index contributed by atoms with van der Waals surface area (Å²) in [4.78, 5) is 12.6. The van der Waals surface area contributed by atoms with Gasteiger partial charge in [0.15, 0.2) is 0 Å². The molecule has 0 fully saturated rings. The number of aryl methyl sites for hydroxylation is 1. The van der Waals surface area contributed by atoms with E-state index in [2.05, 4.69) is 5.32 Å². The molecule has 1 aliphatic rings. The van der Waals surface area contributed by atoms with E-state index >= 15 is 0 Å². The molecule has 3 nitrogen and oxygen atoms in total. The molecular formula is C15H14ClF5N2OS2. The molecular weight excluding hydrogens is 419 g/mol. The number of nitrogens with one attached hydrogen (secondary N) is 1. The first-order chi connectivity index (χ1) is 11.7. The first kappa shape index (κ1) is 19.2. The number of urea groups is 1. The molecule has 2 aromatic rings. The van der Waals surface area contributed by atoms with E-state index in [1.807, 2.05) is 6.07 Å². The van der Waals surface area contributed by atoms with Gasteiger partial charge in [-0.25, -0.2) is 4.79 Å². The zero-order chi connectivity index (χ0) is 19.4. The normalized spacial score (nSPS) is 19.4. The van der Waals surface area contributed by atoms with Gasteiger partial charge in [0.05, 0.1) is 10.4 Å². The summed E-state index contributed by atoms with van der Waals surface area (Å²) in [7, 11) is -8.31. The zero-order valence-electron chi connectivity index (χ0n) is 13.3. The maximum absolute atomic E-state index is 12.9. The van der Waals surface area contributed by atoms with E-state index in [0.717, 1.165) is 29.0 Å². The number of hydrogen-bond acceptors (Lipinski definition) is 2. The molecule has 0 spiro atoms. The number of thiophene rings is 1. The molecule has 3 rings (SSSR count). The molecule has 0 bridgehead atoms. The predicted molar refractivity (Wildman–Crippen MR) is 95.0 cm³/mol. The van der Waals surface area contributed by atoms with Gasteiger partial charge in [-0.15, -0.1) is 11.3 Å². The summed E-state index contributed by atoms with van der Waals surface area (Å²) >= 11 is 7.31. The summed E-state index contributed by atoms with van der Waals surface area (Å²) in [5, 5.41) is 2.25. The lowest BCUT2D eigenvalue weighted by atomic mass is 10.2. The van der Waals surface area contributed by atoms with Crippen molar-refractivity contribution >= 4 is 44.9 Å². The van der Waals surface area contributed by atoms with E-state index in [1.165, 1.54) is 23.3 Å². The second-order valence-corrected chi connectivity index (χ2v) is 10.2. The van der Waals surface area contributed by atoms with Crippen LogP contribution in [-0.2, 0) is 6.42 Å². The van der Waals surface area contributed by atoms with Crippen LogP contribution in [0.2, 0.25) is 4.34 Å². The van der Waals surface area contributed by atoms with Crippen LogP contribution in [0.4, 0.5) is 29.9 Å². The lowest BCUT2D eigenvalue weighted by molar-refractivity contribution is 0.205. The van der Waals surface area contributed by atoms with Gasteiger partial charge < -0.3 is 10.2 Å². The summed E-state index contributed by atoms with van der Waals surface area (Å²) < 4.78 is 65.1. The average Bonchev–Trinajstić information content (AvgIpc) is 3.03. The number of fused-ring (bicyclic) bond motifs is 1. The number of halogens is 6. The molecule has 1 aromatic carbocycles. The van der Waals surface area contributed by atoms with Crippen molar-refractivity contribution in [2.45, 2.75) is 23.8 Å². The van der Waals surface area contributed by atoms with Crippen LogP contribution in [0.15, 0.2) is 35.2 Å². The number of benzene rings is 1. The predicted octanol–water partition coefficient (Wildman–Crippen LogP) is 7.21. The van der Waals surface area contributed by atoms with Crippen molar-refractivity contribution < 1.29 is 24.2 Å². The third-order valence-electron chi connectivity index (χ3n) is 4.12. The van der Waals surface area contributed by atoms with Crippen molar-refractivity contribution in [3.05, 3.63) is 45.1 Å². The quantitative estimate of drug-likeness (QED) is 0.510. The minimum Gasteiger partial charge on any atom is -0.320 e. The lowest BCUT2D eigenvalue weighted by Crippen LogP contribution is -2.33. The van der Waals surface area contributed by atoms with Crippen LogP contribution in [0.5, 0.6) is 0 Å². The highest BCUT2D eigenvalue weighted by molar-refractivity contribution is 8.45. The third-order valence-corrected chi connectivity index (χ3v) is 6.67. The first-order valence-electron chi connectivity index (χ1n) is 7.41. The van der Waals surface area contributed by atoms with Crippen LogP contribution in [0.25, 0.3) is 0 Å². The number of rotatable bonds is 3. The fourth-order valence-corrected chi connectivity index (χ4v) is 5.03. The van der Waals surface area contributed by atoms with E-state index in [1.54, 1.807) is 0 Å². The number of carbonyl (C=O) groups excluding carboxylic acids is 1. The van der Waals surface area contributed by atoms with Crippen molar-refractivity contribution in [2.24, 2.45) is 0 Å². The Balaban J connectivity index is 1.79. The minimum atomic E-state index is -9.80. The molecule has 0 saturated carbocycles. The van der Waals surface area contributed by atoms with E-state index in [4.69, 9.17) is 11.6 Å². The van der Waals surface area contributed by atoms with Gasteiger partial charge >= 0.3 is 16.3 Å². The molecule has 0 unspecified atom stereocenters. The standard InChI is InChI=1S/C15H14ClF5N2OS2/c1-23(12-6-5-9-7-13(16)25-14(9)12)15(24)22-10-3-2-4-11(8-10)26(17,18,19,20)21/h2-4,7-8,12H,5-6H2,1H3,(H,22,24)/t12-/m0/s1. The first-order valence-corrected chi connectivity index (χ1v) is 10.6. The van der Waals surface area contributed by atoms with Crippen LogP contribution in [0.1, 0.15) is 22.9 Å². The van der Waals surface area contributed by atoms with Gasteiger partial charge in [0, 0.05) is 17.6 Å². The molecule has 1 aliphatic carbocycles. The Hall–Kier alpha value is -1.52. The molecule has 2 amide bonds. The largest absolute Gasteiger partial charge is 0.322 e. The van der Waals surface area contributed by atoms with Gasteiger partial charge in [0.25, 0.3) is 0 Å². The molecule has 0 aliphatic heterocycles. The van der Waals surface area contributed by atoms with Gasteiger partial charge in [-0.3, -0.25) is 0 Å². The Bertz CT molecular complexity index is 884. The highest BCUT2D eigenvalue weighted by Gasteiger charge is 2.65. The molecule has 1 N–H and O–H groups in total. The molecule has 0 saturated heterocycles. The Morgan fingerprint density at radius 2 is 1.96 bits per heavy atom. The molecule has 0 radical (unpaired) electrons. The van der Waals surface area contributed by atoms with E-state index in [0.29, 0.717) is 10.8 Å². The Morgan fingerprint density at radius 3 is 2.62 bits per heavy atom. The van der Waals surface area contributed by atoms with E-state index < -0.39 is 21.2 Å². The van der Waals surface area contributed by atoms with Crippen molar-refractivity contribution in [1.82, 2.24) is 4.90 Å². The lowest BCUT2D eigenvalue weighted by Gasteiger charge is -2.40. The number of anilines is 1. The van der Waals surface area contributed by atoms with Crippen molar-refractivity contribution in [1.29, 1.82) is 0 Å². The summed E-state index contributed by atoms with van der Waals surface area (Å²) in [6.45, 7) is 0. The average molecular weight is 433 g/mol. The molecule has 1 heterocycles. The van der Waals surface area contributed by atoms with Crippen LogP contribution in [0, 0.1) is 0 Å². The fourth-order valence-electron chi connectivity index (χ4n) is 2.85. The fraction of sp³-hybridized carbons (Fsp3) is 0.267. The zero-order valence-corrected chi connectivity index (χ0v) is 15.7. The van der Waals surface area contributed by atoms with Crippen LogP contribution >= 0.6 is 33.2 Å². The maximum Gasteiger partial charge on any atom is 0.322 e. The van der Waals surface area contributed by atoms with Crippen molar-refractivity contribution in [3.8, 4) is 0 Å². The highest BCUT2D eigenvalue weighted by Crippen LogP contribution is 3.02. The second kappa shape index (κ2) is 5.49. The molecule has 26 heavy (non-hydrogen) atoms. The second-order valence-electron chi connectivity index (χ2n) is 6.03. The molecule has 11 heteroatoms. The highest BCUT2D eigenvalue weighted by atomic mass is 35.5. The summed E-state index contributed by atoms with van der Waals surface area (Å²) in [5.74, 6) is 0. The minimum absolute atomic E-state index is 0.245. The van der Waals surface area contributed by atoms with Crippen molar-refractivity contribution in [2.75, 3.05) is 12.4 Å². The van der Waals surface area contributed by atoms with Gasteiger partial charge in [-0.1, -0.05) is 37.1 Å². The number of carbonyl (C=O) groups is 1. The van der Waals surface area contributed by atoms with E-state index in [9.17, 15) is 24.2 Å². The number of amides is 2. The number of nitrogens with zero attached hydrogens (tertiary/aromatic N) is 1. The third kappa shape index (κ3) is 3.91. The smallest absolute Gasteiger partial charge is 0.320 e. The molecule has 1 atom stereocenters. The Labute approximate surface area is 155 Å². The van der Waals surface area contributed by atoms with Gasteiger partial charge in [0.2, 0.25) is 0 Å². The Morgan fingerprint density at radius 1 is 1.27 bits per heavy atom. The topological polar surface area (TPSA) is 32.3 Å². The van der Waals surface area contributed by atoms with Crippen LogP contribution in [0.3, 0.4) is 0 Å². The summed E-state index contributed by atoms with van der Waals surface area (Å²) in [5.41, 5.74) is 0.683. The molecule has 1 aromatic heterocycles. The van der Waals surface area contributed by atoms with E-state index in [-0.39, 0.29) is 23.9 Å². The van der Waals surface area contributed by atoms with Gasteiger partial charge in [0.1, 0.15) is 4.90 Å². The number of hydrogen-bond donors (Lipinski definition) is 1. The van der Waals surface area contributed by atoms with Crippen LogP contribution in [-0.4, -0.2) is 18.0 Å². The maximum atomic E-state index is 12.9. The molecule has 144 valence electrons. The summed E-state index contributed by atoms with van der Waals surface area (Å²) in [6.07, 6.45) is 1.40. The SMILES string of the molecule is CN(C(=O)Nc1cccc(S(F)(F)(F)(F)F)c1)[C@H]1CCc2cc(Cl)sc21. The van der Waals surface area contributed by atoms with Crippen LogP contribution < -0.4 is 5.32 Å². The Kier molecular flexibility index (Phi) is 4.07. The van der Waals surface area contributed by atoms with Crippen molar-refractivity contribution in [3.63, 3.8) is 0 Å².